The third-order valence-corrected chi connectivity index (χ3v) is 0.347. The minimum atomic E-state index is 1.40. The third kappa shape index (κ3) is 0.453. The lowest BCUT2D eigenvalue weighted by Crippen LogP contribution is -2.05. The highest BCUT2D eigenvalue weighted by Crippen LogP contribution is 1.72. The quantitative estimate of drug-likeness (QED) is 0.438. The van der Waals surface area contributed by atoms with Gasteiger partial charge in [-0.2, -0.15) is 0 Å². The predicted molar refractivity (Wildman–Crippen MR) is 17.9 cm³/mol. The molecule has 0 saturated heterocycles. The lowest BCUT2D eigenvalue weighted by Gasteiger charge is -1.82. The molecule has 0 amide bonds. The minimum absolute atomic E-state index is 1.40. The van der Waals surface area contributed by atoms with Crippen molar-refractivity contribution in [1.29, 1.82) is 0 Å². The molecule has 1 aliphatic rings. The topological polar surface area (TPSA) is 47.7 Å². The molecule has 6 heavy (non-hydrogen) atoms. The van der Waals surface area contributed by atoms with E-state index in [0.717, 1.165) is 0 Å². The molecular formula is C2H3N3O+. The molecule has 0 bridgehead atoms. The fourth-order valence-corrected chi connectivity index (χ4v) is 0.169. The Balaban J connectivity index is 2.46. The van der Waals surface area contributed by atoms with Gasteiger partial charge in [0.05, 0.1) is 5.11 Å². The maximum atomic E-state index is 4.38. The summed E-state index contributed by atoms with van der Waals surface area (Å²) in [7, 11) is 0. The highest BCUT2D eigenvalue weighted by atomic mass is 16.7. The van der Waals surface area contributed by atoms with E-state index in [1.165, 1.54) is 12.5 Å². The van der Waals surface area contributed by atoms with Gasteiger partial charge in [0.25, 0.3) is 0 Å². The van der Waals surface area contributed by atoms with E-state index in [0.29, 0.717) is 0 Å². The molecule has 0 aliphatic carbocycles. The highest BCUT2D eigenvalue weighted by Gasteiger charge is 1.87. The summed E-state index contributed by atoms with van der Waals surface area (Å²) in [5.41, 5.74) is 2.16. The average Bonchev–Trinajstić information content (AvgIpc) is 1.72. The number of nitrogens with one attached hydrogen (secondary N) is 1. The van der Waals surface area contributed by atoms with Gasteiger partial charge in [0.1, 0.15) is 0 Å². The van der Waals surface area contributed by atoms with Gasteiger partial charge in [-0.1, -0.05) is 0 Å². The number of hydrogen-bond donors (Lipinski definition) is 1. The highest BCUT2D eigenvalue weighted by molar-refractivity contribution is 4.64. The number of rotatable bonds is 0. The molecule has 1 aliphatic heterocycles. The van der Waals surface area contributed by atoms with E-state index in [-0.39, 0.29) is 0 Å². The van der Waals surface area contributed by atoms with Gasteiger partial charge in [-0.05, 0) is 0 Å². The molecule has 4 heteroatoms. The van der Waals surface area contributed by atoms with Crippen LogP contribution in [0.15, 0.2) is 17.7 Å². The van der Waals surface area contributed by atoms with Crippen molar-refractivity contribution in [3.8, 4) is 0 Å². The van der Waals surface area contributed by atoms with Crippen LogP contribution in [0.25, 0.3) is 0 Å². The van der Waals surface area contributed by atoms with Crippen molar-refractivity contribution in [3.63, 3.8) is 0 Å². The van der Waals surface area contributed by atoms with Crippen LogP contribution >= 0.6 is 0 Å². The first-order chi connectivity index (χ1) is 3.00. The van der Waals surface area contributed by atoms with Crippen LogP contribution in [0.2, 0.25) is 0 Å². The lowest BCUT2D eigenvalue weighted by molar-refractivity contribution is 0.117. The van der Waals surface area contributed by atoms with Crippen LogP contribution in [0, 0.1) is 0 Å². The Labute approximate surface area is 34.4 Å². The maximum Gasteiger partial charge on any atom is 0.208 e. The predicted octanol–water partition coefficient (Wildman–Crippen LogP) is -0.305. The van der Waals surface area contributed by atoms with Gasteiger partial charge >= 0.3 is 0 Å². The fourth-order valence-electron chi connectivity index (χ4n) is 0.169. The van der Waals surface area contributed by atoms with Gasteiger partial charge in [-0.15, -0.1) is 0 Å². The third-order valence-electron chi connectivity index (χ3n) is 0.347. The van der Waals surface area contributed by atoms with Crippen LogP contribution in [0.1, 0.15) is 0 Å². The Morgan fingerprint density at radius 3 is 3.00 bits per heavy atom. The number of nitrogens with zero attached hydrogens (tertiary/aromatic N) is 2. The molecule has 0 unspecified atom stereocenters. The normalized spacial score (nSPS) is 16.0. The Bertz CT molecular complexity index is 74.8. The first-order valence-corrected chi connectivity index (χ1v) is 1.45. The molecule has 1 N–H and O–H groups in total. The summed E-state index contributed by atoms with van der Waals surface area (Å²) in [6.45, 7) is 0. The van der Waals surface area contributed by atoms with Crippen molar-refractivity contribution in [3.05, 3.63) is 12.5 Å². The summed E-state index contributed by atoms with van der Waals surface area (Å²) in [5.74, 6) is 0. The zero-order valence-corrected chi connectivity index (χ0v) is 2.96. The molecule has 0 fully saturated rings. The summed E-state index contributed by atoms with van der Waals surface area (Å²) in [4.78, 5) is 4.38. The molecule has 0 aromatic carbocycles. The van der Waals surface area contributed by atoms with Gasteiger partial charge in [0, 0.05) is 5.59 Å². The van der Waals surface area contributed by atoms with E-state index in [1.54, 1.807) is 0 Å². The van der Waals surface area contributed by atoms with Gasteiger partial charge in [0.2, 0.25) is 6.20 Å². The fraction of sp³-hybridized carbons (Fsp3) is 0. The summed E-state index contributed by atoms with van der Waals surface area (Å²) >= 11 is 0. The molecule has 0 aromatic rings. The molecule has 0 spiro atoms. The van der Waals surface area contributed by atoms with E-state index in [4.69, 9.17) is 0 Å². The second-order valence-corrected chi connectivity index (χ2v) is 0.710. The van der Waals surface area contributed by atoms with Crippen molar-refractivity contribution >= 4 is 0 Å². The van der Waals surface area contributed by atoms with E-state index in [2.05, 4.69) is 20.8 Å². The average molecular weight is 85.1 g/mol. The van der Waals surface area contributed by atoms with Crippen molar-refractivity contribution < 1.29 is 4.84 Å². The van der Waals surface area contributed by atoms with Gasteiger partial charge < -0.3 is 0 Å². The van der Waals surface area contributed by atoms with Crippen LogP contribution in [-0.2, 0) is 4.84 Å². The van der Waals surface area contributed by atoms with Crippen LogP contribution < -0.4 is 10.7 Å². The standard InChI is InChI=1S/C2H3N3O/c1-2-6-5-4-3-1/h1-2,5H/q+1. The van der Waals surface area contributed by atoms with Crippen molar-refractivity contribution in [1.82, 2.24) is 10.7 Å². The van der Waals surface area contributed by atoms with E-state index in [9.17, 15) is 0 Å². The largest absolute Gasteiger partial charge is 0.286 e. The Hall–Kier alpha value is -1.06. The summed E-state index contributed by atoms with van der Waals surface area (Å²) < 4.78 is 0. The van der Waals surface area contributed by atoms with Crippen LogP contribution in [-0.4, -0.2) is 0 Å². The van der Waals surface area contributed by atoms with E-state index < -0.39 is 0 Å². The second kappa shape index (κ2) is 1.40. The van der Waals surface area contributed by atoms with Crippen LogP contribution in [0.5, 0.6) is 0 Å². The number of hydrogen-bond acceptors (Lipinski definition) is 4. The van der Waals surface area contributed by atoms with E-state index >= 15 is 0 Å². The zero-order valence-electron chi connectivity index (χ0n) is 2.96. The molecule has 1 heterocycles. The summed E-state index contributed by atoms with van der Waals surface area (Å²) in [6, 6.07) is 0. The van der Waals surface area contributed by atoms with Crippen LogP contribution in [0.4, 0.5) is 0 Å². The first-order valence-electron chi connectivity index (χ1n) is 1.45. The molecule has 31 valence electrons. The zero-order chi connectivity index (χ0) is 4.24. The smallest absolute Gasteiger partial charge is 0.208 e. The Morgan fingerprint density at radius 2 is 2.83 bits per heavy atom. The molecule has 4 nitrogen and oxygen atoms in total. The van der Waals surface area contributed by atoms with Crippen molar-refractivity contribution in [2.45, 2.75) is 0 Å². The summed E-state index contributed by atoms with van der Waals surface area (Å²) in [5, 5.41) is 6.63. The molecule has 0 aromatic heterocycles. The van der Waals surface area contributed by atoms with Crippen molar-refractivity contribution in [2.24, 2.45) is 5.22 Å². The molecule has 0 atom stereocenters. The second-order valence-electron chi connectivity index (χ2n) is 0.710. The lowest BCUT2D eigenvalue weighted by atomic mass is 11.0. The summed E-state index contributed by atoms with van der Waals surface area (Å²) in [6.07, 6.45) is 2.84. The van der Waals surface area contributed by atoms with E-state index in [1.807, 2.05) is 0 Å². The molecule has 1 radical (unpaired) electrons. The van der Waals surface area contributed by atoms with Crippen LogP contribution in [0.3, 0.4) is 0 Å². The monoisotopic (exact) mass is 85.0 g/mol. The maximum absolute atomic E-state index is 4.38. The Morgan fingerprint density at radius 1 is 1.83 bits per heavy atom. The SMILES string of the molecule is C1=CONN=[N+]1. The Kier molecular flexibility index (Phi) is 0.731. The van der Waals surface area contributed by atoms with Gasteiger partial charge in [0.15, 0.2) is 11.5 Å². The van der Waals surface area contributed by atoms with Crippen molar-refractivity contribution in [2.75, 3.05) is 0 Å². The molecular weight excluding hydrogens is 82.0 g/mol. The molecule has 0 saturated carbocycles. The van der Waals surface area contributed by atoms with Gasteiger partial charge in [-0.3, -0.25) is 4.84 Å². The molecule has 1 rings (SSSR count). The minimum Gasteiger partial charge on any atom is -0.286 e. The van der Waals surface area contributed by atoms with Gasteiger partial charge in [-0.25, -0.2) is 0 Å². The first kappa shape index (κ1) is 3.14.